The van der Waals surface area contributed by atoms with E-state index in [4.69, 9.17) is 5.11 Å². The number of hydrogen-bond donors (Lipinski definition) is 2. The summed E-state index contributed by atoms with van der Waals surface area (Å²) in [5.74, 6) is -0.258. The number of rotatable bonds is 6. The summed E-state index contributed by atoms with van der Waals surface area (Å²) in [4.78, 5) is 0. The molecule has 2 aromatic rings. The zero-order valence-electron chi connectivity index (χ0n) is 10.9. The summed E-state index contributed by atoms with van der Waals surface area (Å²) in [6.07, 6.45) is 4.54. The zero-order valence-corrected chi connectivity index (χ0v) is 10.9. The topological polar surface area (TPSA) is 50.1 Å². The molecule has 1 aromatic carbocycles. The molecule has 0 amide bonds. The van der Waals surface area contributed by atoms with Crippen LogP contribution in [0.15, 0.2) is 36.7 Å². The maximum absolute atomic E-state index is 12.8. The molecule has 0 bridgehead atoms. The van der Waals surface area contributed by atoms with Crippen molar-refractivity contribution in [1.82, 2.24) is 15.1 Å². The van der Waals surface area contributed by atoms with Crippen LogP contribution in [-0.4, -0.2) is 27.5 Å². The van der Waals surface area contributed by atoms with Crippen molar-refractivity contribution in [2.45, 2.75) is 25.9 Å². The van der Waals surface area contributed by atoms with Crippen LogP contribution in [-0.2, 0) is 6.54 Å². The van der Waals surface area contributed by atoms with Gasteiger partial charge in [-0.15, -0.1) is 0 Å². The third kappa shape index (κ3) is 3.62. The van der Waals surface area contributed by atoms with Gasteiger partial charge in [0.1, 0.15) is 5.82 Å². The van der Waals surface area contributed by atoms with Crippen LogP contribution in [0.4, 0.5) is 4.39 Å². The Hall–Kier alpha value is -1.72. The first-order chi connectivity index (χ1) is 9.22. The minimum atomic E-state index is -0.258. The van der Waals surface area contributed by atoms with Gasteiger partial charge < -0.3 is 10.4 Å². The van der Waals surface area contributed by atoms with E-state index in [0.29, 0.717) is 6.54 Å². The smallest absolute Gasteiger partial charge is 0.123 e. The molecule has 0 aliphatic heterocycles. The minimum Gasteiger partial charge on any atom is -0.395 e. The zero-order chi connectivity index (χ0) is 13.7. The minimum absolute atomic E-state index is 0.106. The number of aromatic nitrogens is 2. The van der Waals surface area contributed by atoms with Gasteiger partial charge in [-0.1, -0.05) is 6.92 Å². The van der Waals surface area contributed by atoms with Gasteiger partial charge in [-0.25, -0.2) is 9.07 Å². The highest BCUT2D eigenvalue weighted by Crippen LogP contribution is 2.09. The second-order valence-electron chi connectivity index (χ2n) is 4.44. The summed E-state index contributed by atoms with van der Waals surface area (Å²) in [6, 6.07) is 6.29. The van der Waals surface area contributed by atoms with Gasteiger partial charge in [0.2, 0.25) is 0 Å². The molecule has 1 heterocycles. The van der Waals surface area contributed by atoms with Crippen LogP contribution in [0, 0.1) is 5.82 Å². The highest BCUT2D eigenvalue weighted by Gasteiger charge is 2.05. The number of aliphatic hydroxyl groups excluding tert-OH is 1. The van der Waals surface area contributed by atoms with Crippen LogP contribution in [0.25, 0.3) is 5.69 Å². The van der Waals surface area contributed by atoms with Crippen molar-refractivity contribution in [3.63, 3.8) is 0 Å². The Morgan fingerprint density at radius 3 is 2.74 bits per heavy atom. The van der Waals surface area contributed by atoms with Crippen molar-refractivity contribution in [3.05, 3.63) is 48.0 Å². The Morgan fingerprint density at radius 1 is 1.37 bits per heavy atom. The van der Waals surface area contributed by atoms with Crippen molar-refractivity contribution in [2.75, 3.05) is 6.61 Å². The molecule has 0 saturated heterocycles. The number of nitrogens with one attached hydrogen (secondary N) is 1. The predicted molar refractivity (Wildman–Crippen MR) is 71.5 cm³/mol. The van der Waals surface area contributed by atoms with Gasteiger partial charge >= 0.3 is 0 Å². The highest BCUT2D eigenvalue weighted by atomic mass is 19.1. The van der Waals surface area contributed by atoms with Crippen LogP contribution in [0.2, 0.25) is 0 Å². The second-order valence-corrected chi connectivity index (χ2v) is 4.44. The molecule has 0 spiro atoms. The quantitative estimate of drug-likeness (QED) is 0.836. The van der Waals surface area contributed by atoms with E-state index in [1.165, 1.54) is 12.1 Å². The Kier molecular flexibility index (Phi) is 4.65. The summed E-state index contributed by atoms with van der Waals surface area (Å²) in [6.45, 7) is 2.80. The van der Waals surface area contributed by atoms with Crippen molar-refractivity contribution in [2.24, 2.45) is 0 Å². The van der Waals surface area contributed by atoms with Gasteiger partial charge in [0.25, 0.3) is 0 Å². The van der Waals surface area contributed by atoms with Crippen LogP contribution in [0.1, 0.15) is 18.9 Å². The lowest BCUT2D eigenvalue weighted by Gasteiger charge is -2.12. The monoisotopic (exact) mass is 263 g/mol. The van der Waals surface area contributed by atoms with E-state index < -0.39 is 0 Å². The summed E-state index contributed by atoms with van der Waals surface area (Å²) in [5.41, 5.74) is 1.85. The molecule has 0 radical (unpaired) electrons. The largest absolute Gasteiger partial charge is 0.395 e. The molecule has 2 N–H and O–H groups in total. The van der Waals surface area contributed by atoms with Gasteiger partial charge in [-0.3, -0.25) is 0 Å². The van der Waals surface area contributed by atoms with Crippen molar-refractivity contribution in [1.29, 1.82) is 0 Å². The molecule has 0 aliphatic carbocycles. The number of benzene rings is 1. The van der Waals surface area contributed by atoms with Crippen molar-refractivity contribution in [3.8, 4) is 5.69 Å². The molecular weight excluding hydrogens is 245 g/mol. The summed E-state index contributed by atoms with van der Waals surface area (Å²) in [5, 5.41) is 16.6. The first-order valence-corrected chi connectivity index (χ1v) is 6.36. The van der Waals surface area contributed by atoms with Crippen molar-refractivity contribution >= 4 is 0 Å². The molecule has 102 valence electrons. The van der Waals surface area contributed by atoms with E-state index in [2.05, 4.69) is 10.4 Å². The van der Waals surface area contributed by atoms with E-state index >= 15 is 0 Å². The van der Waals surface area contributed by atoms with E-state index in [0.717, 1.165) is 17.7 Å². The molecule has 5 heteroatoms. The molecule has 0 saturated carbocycles. The van der Waals surface area contributed by atoms with Crippen LogP contribution in [0.3, 0.4) is 0 Å². The summed E-state index contributed by atoms with van der Waals surface area (Å²) in [7, 11) is 0. The van der Waals surface area contributed by atoms with Gasteiger partial charge in [-0.2, -0.15) is 5.10 Å². The molecule has 1 unspecified atom stereocenters. The van der Waals surface area contributed by atoms with Crippen LogP contribution in [0.5, 0.6) is 0 Å². The van der Waals surface area contributed by atoms with E-state index in [9.17, 15) is 4.39 Å². The Bertz CT molecular complexity index is 506. The Labute approximate surface area is 111 Å². The number of aliphatic hydroxyl groups is 1. The molecule has 1 atom stereocenters. The molecule has 4 nitrogen and oxygen atoms in total. The summed E-state index contributed by atoms with van der Waals surface area (Å²) >= 11 is 0. The SMILES string of the molecule is CCC(CO)NCc1cnn(-c2ccc(F)cc2)c1. The average Bonchev–Trinajstić information content (AvgIpc) is 2.89. The molecule has 2 rings (SSSR count). The molecule has 19 heavy (non-hydrogen) atoms. The lowest BCUT2D eigenvalue weighted by Crippen LogP contribution is -2.31. The maximum atomic E-state index is 12.8. The molecular formula is C14H18FN3O. The number of hydrogen-bond acceptors (Lipinski definition) is 3. The standard InChI is InChI=1S/C14H18FN3O/c1-2-13(10-19)16-7-11-8-17-18(9-11)14-5-3-12(15)4-6-14/h3-6,8-9,13,16,19H,2,7,10H2,1H3. The maximum Gasteiger partial charge on any atom is 0.123 e. The summed E-state index contributed by atoms with van der Waals surface area (Å²) < 4.78 is 14.5. The second kappa shape index (κ2) is 6.45. The Balaban J connectivity index is 2.01. The van der Waals surface area contributed by atoms with E-state index in [1.54, 1.807) is 23.0 Å². The van der Waals surface area contributed by atoms with Crippen LogP contribution < -0.4 is 5.32 Å². The van der Waals surface area contributed by atoms with Gasteiger partial charge in [0.05, 0.1) is 18.5 Å². The lowest BCUT2D eigenvalue weighted by molar-refractivity contribution is 0.238. The number of nitrogens with zero attached hydrogens (tertiary/aromatic N) is 2. The van der Waals surface area contributed by atoms with Gasteiger partial charge in [0.15, 0.2) is 0 Å². The van der Waals surface area contributed by atoms with E-state index in [-0.39, 0.29) is 18.5 Å². The Morgan fingerprint density at radius 2 is 2.11 bits per heavy atom. The lowest BCUT2D eigenvalue weighted by atomic mass is 10.2. The molecule has 0 fully saturated rings. The first kappa shape index (κ1) is 13.7. The molecule has 1 aromatic heterocycles. The number of halogens is 1. The third-order valence-corrected chi connectivity index (χ3v) is 3.04. The van der Waals surface area contributed by atoms with Crippen LogP contribution >= 0.6 is 0 Å². The fourth-order valence-electron chi connectivity index (χ4n) is 1.79. The third-order valence-electron chi connectivity index (χ3n) is 3.04. The van der Waals surface area contributed by atoms with Gasteiger partial charge in [0, 0.05) is 24.3 Å². The van der Waals surface area contributed by atoms with Gasteiger partial charge in [-0.05, 0) is 30.7 Å². The first-order valence-electron chi connectivity index (χ1n) is 6.36. The highest BCUT2D eigenvalue weighted by molar-refractivity contribution is 5.31. The molecule has 0 aliphatic rings. The van der Waals surface area contributed by atoms with E-state index in [1.807, 2.05) is 13.1 Å². The fraction of sp³-hybridized carbons (Fsp3) is 0.357. The normalized spacial score (nSPS) is 12.6. The fourth-order valence-corrected chi connectivity index (χ4v) is 1.79. The average molecular weight is 263 g/mol. The van der Waals surface area contributed by atoms with Crippen molar-refractivity contribution < 1.29 is 9.50 Å². The predicted octanol–water partition coefficient (Wildman–Crippen LogP) is 1.87.